The van der Waals surface area contributed by atoms with Gasteiger partial charge in [0.2, 0.25) is 0 Å². The van der Waals surface area contributed by atoms with Gasteiger partial charge in [0.1, 0.15) is 0 Å². The summed E-state index contributed by atoms with van der Waals surface area (Å²) in [5, 5.41) is 3.51. The van der Waals surface area contributed by atoms with Crippen LogP contribution < -0.4 is 5.32 Å². The molecular weight excluding hydrogens is 373 g/mol. The predicted octanol–water partition coefficient (Wildman–Crippen LogP) is 3.88. The van der Waals surface area contributed by atoms with Crippen LogP contribution in [0.15, 0.2) is 4.99 Å². The highest BCUT2D eigenvalue weighted by Crippen LogP contribution is 2.61. The van der Waals surface area contributed by atoms with Crippen molar-refractivity contribution in [3.63, 3.8) is 0 Å². The van der Waals surface area contributed by atoms with E-state index in [0.717, 1.165) is 31.5 Å². The zero-order chi connectivity index (χ0) is 14.6. The second-order valence-corrected chi connectivity index (χ2v) is 8.34. The van der Waals surface area contributed by atoms with E-state index in [1.165, 1.54) is 25.7 Å². The average Bonchev–Trinajstić information content (AvgIpc) is 3.25. The van der Waals surface area contributed by atoms with Gasteiger partial charge in [-0.1, -0.05) is 13.8 Å². The molecule has 1 aliphatic heterocycles. The van der Waals surface area contributed by atoms with Gasteiger partial charge < -0.3 is 10.2 Å². The molecule has 0 radical (unpaired) electrons. The van der Waals surface area contributed by atoms with Crippen LogP contribution in [0.1, 0.15) is 60.3 Å². The van der Waals surface area contributed by atoms with Crippen molar-refractivity contribution in [1.29, 1.82) is 0 Å². The molecule has 122 valence electrons. The van der Waals surface area contributed by atoms with Gasteiger partial charge in [0.15, 0.2) is 5.96 Å². The first-order chi connectivity index (χ1) is 9.32. The third-order valence-corrected chi connectivity index (χ3v) is 6.35. The van der Waals surface area contributed by atoms with Gasteiger partial charge in [0, 0.05) is 30.6 Å². The smallest absolute Gasteiger partial charge is 0.194 e. The molecule has 3 nitrogen and oxygen atoms in total. The summed E-state index contributed by atoms with van der Waals surface area (Å²) in [6, 6.07) is 0. The van der Waals surface area contributed by atoms with Crippen LogP contribution in [0.25, 0.3) is 0 Å². The molecule has 1 heterocycles. The maximum atomic E-state index is 5.02. The van der Waals surface area contributed by atoms with Crippen molar-refractivity contribution in [3.8, 4) is 0 Å². The van der Waals surface area contributed by atoms with E-state index in [1.807, 2.05) is 0 Å². The van der Waals surface area contributed by atoms with Crippen molar-refractivity contribution >= 4 is 29.9 Å². The lowest BCUT2D eigenvalue weighted by Gasteiger charge is -2.62. The summed E-state index contributed by atoms with van der Waals surface area (Å²) < 4.78 is 0. The largest absolute Gasteiger partial charge is 0.356 e. The Balaban J connectivity index is 0.00000161. The van der Waals surface area contributed by atoms with E-state index in [2.05, 4.69) is 44.8 Å². The molecule has 0 bridgehead atoms. The molecule has 0 aromatic rings. The number of hydrogen-bond donors (Lipinski definition) is 1. The molecule has 0 spiro atoms. The minimum atomic E-state index is 0. The SMILES string of the molecule is CCNC(=NCC1(C2CC2)CC1)N1CC(C)(C)C1(C)C.I. The van der Waals surface area contributed by atoms with Gasteiger partial charge in [0.25, 0.3) is 0 Å². The Kier molecular flexibility index (Phi) is 4.60. The van der Waals surface area contributed by atoms with Gasteiger partial charge in [-0.15, -0.1) is 24.0 Å². The highest BCUT2D eigenvalue weighted by Gasteiger charge is 2.55. The predicted molar refractivity (Wildman–Crippen MR) is 100 cm³/mol. The molecule has 3 fully saturated rings. The molecular formula is C17H32IN3. The number of nitrogens with zero attached hydrogens (tertiary/aromatic N) is 2. The molecule has 3 rings (SSSR count). The van der Waals surface area contributed by atoms with Crippen LogP contribution in [0, 0.1) is 16.7 Å². The Bertz CT molecular complexity index is 420. The topological polar surface area (TPSA) is 27.6 Å². The fraction of sp³-hybridized carbons (Fsp3) is 0.941. The van der Waals surface area contributed by atoms with Crippen molar-refractivity contribution in [3.05, 3.63) is 0 Å². The first-order valence-corrected chi connectivity index (χ1v) is 8.38. The molecule has 0 aromatic carbocycles. The first-order valence-electron chi connectivity index (χ1n) is 8.38. The molecule has 21 heavy (non-hydrogen) atoms. The summed E-state index contributed by atoms with van der Waals surface area (Å²) >= 11 is 0. The lowest BCUT2D eigenvalue weighted by molar-refractivity contribution is -0.0668. The minimum absolute atomic E-state index is 0. The lowest BCUT2D eigenvalue weighted by Crippen LogP contribution is -2.72. The number of likely N-dealkylation sites (tertiary alicyclic amines) is 1. The van der Waals surface area contributed by atoms with Crippen LogP contribution in [0.5, 0.6) is 0 Å². The normalized spacial score (nSPS) is 28.4. The van der Waals surface area contributed by atoms with Gasteiger partial charge in [-0.05, 0) is 57.8 Å². The molecule has 2 saturated carbocycles. The van der Waals surface area contributed by atoms with E-state index < -0.39 is 0 Å². The Morgan fingerprint density at radius 1 is 1.19 bits per heavy atom. The number of aliphatic imine (C=N–C) groups is 1. The van der Waals surface area contributed by atoms with Crippen LogP contribution in [0.2, 0.25) is 0 Å². The summed E-state index contributed by atoms with van der Waals surface area (Å²) in [7, 11) is 0. The van der Waals surface area contributed by atoms with E-state index in [4.69, 9.17) is 4.99 Å². The fourth-order valence-electron chi connectivity index (χ4n) is 3.58. The van der Waals surface area contributed by atoms with E-state index in [9.17, 15) is 0 Å². The quantitative estimate of drug-likeness (QED) is 0.437. The van der Waals surface area contributed by atoms with Crippen LogP contribution in [-0.4, -0.2) is 36.0 Å². The summed E-state index contributed by atoms with van der Waals surface area (Å²) in [5.41, 5.74) is 1.17. The number of guanidine groups is 1. The van der Waals surface area contributed by atoms with Crippen molar-refractivity contribution < 1.29 is 0 Å². The Hall–Kier alpha value is 0. The van der Waals surface area contributed by atoms with E-state index in [0.29, 0.717) is 10.8 Å². The maximum Gasteiger partial charge on any atom is 0.194 e. The zero-order valence-corrected chi connectivity index (χ0v) is 16.7. The Morgan fingerprint density at radius 3 is 2.19 bits per heavy atom. The molecule has 0 atom stereocenters. The van der Waals surface area contributed by atoms with Gasteiger partial charge >= 0.3 is 0 Å². The number of hydrogen-bond acceptors (Lipinski definition) is 1. The maximum absolute atomic E-state index is 5.02. The number of halogens is 1. The molecule has 2 aliphatic carbocycles. The molecule has 1 saturated heterocycles. The summed E-state index contributed by atoms with van der Waals surface area (Å²) in [4.78, 5) is 7.50. The third-order valence-electron chi connectivity index (χ3n) is 6.35. The first kappa shape index (κ1) is 17.4. The second kappa shape index (κ2) is 5.57. The van der Waals surface area contributed by atoms with E-state index in [-0.39, 0.29) is 29.5 Å². The van der Waals surface area contributed by atoms with Crippen LogP contribution in [-0.2, 0) is 0 Å². The number of rotatable bonds is 4. The van der Waals surface area contributed by atoms with Crippen molar-refractivity contribution in [2.45, 2.75) is 65.8 Å². The van der Waals surface area contributed by atoms with Gasteiger partial charge in [0.05, 0.1) is 0 Å². The summed E-state index contributed by atoms with van der Waals surface area (Å²) in [6.45, 7) is 14.7. The summed E-state index contributed by atoms with van der Waals surface area (Å²) in [6.07, 6.45) is 5.73. The van der Waals surface area contributed by atoms with E-state index >= 15 is 0 Å². The van der Waals surface area contributed by atoms with Crippen LogP contribution >= 0.6 is 24.0 Å². The van der Waals surface area contributed by atoms with Crippen molar-refractivity contribution in [2.24, 2.45) is 21.7 Å². The average molecular weight is 405 g/mol. The summed E-state index contributed by atoms with van der Waals surface area (Å²) in [5.74, 6) is 2.14. The number of nitrogens with one attached hydrogen (secondary N) is 1. The van der Waals surface area contributed by atoms with Crippen LogP contribution in [0.4, 0.5) is 0 Å². The monoisotopic (exact) mass is 405 g/mol. The third kappa shape index (κ3) is 2.93. The Morgan fingerprint density at radius 2 is 1.81 bits per heavy atom. The zero-order valence-electron chi connectivity index (χ0n) is 14.3. The van der Waals surface area contributed by atoms with E-state index in [1.54, 1.807) is 0 Å². The highest BCUT2D eigenvalue weighted by atomic mass is 127. The van der Waals surface area contributed by atoms with Crippen molar-refractivity contribution in [2.75, 3.05) is 19.6 Å². The lowest BCUT2D eigenvalue weighted by atomic mass is 9.65. The van der Waals surface area contributed by atoms with Gasteiger partial charge in [-0.25, -0.2) is 0 Å². The molecule has 0 amide bonds. The second-order valence-electron chi connectivity index (χ2n) is 8.34. The molecule has 0 unspecified atom stereocenters. The fourth-order valence-corrected chi connectivity index (χ4v) is 3.58. The molecule has 0 aromatic heterocycles. The molecule has 4 heteroatoms. The van der Waals surface area contributed by atoms with Crippen molar-refractivity contribution in [1.82, 2.24) is 10.2 Å². The highest BCUT2D eigenvalue weighted by molar-refractivity contribution is 14.0. The minimum Gasteiger partial charge on any atom is -0.356 e. The van der Waals surface area contributed by atoms with Gasteiger partial charge in [-0.3, -0.25) is 4.99 Å². The molecule has 1 N–H and O–H groups in total. The van der Waals surface area contributed by atoms with Crippen LogP contribution in [0.3, 0.4) is 0 Å². The Labute approximate surface area is 147 Å². The molecule has 3 aliphatic rings. The van der Waals surface area contributed by atoms with Gasteiger partial charge in [-0.2, -0.15) is 0 Å². The standard InChI is InChI=1S/C17H31N3.HI/c1-6-18-14(20-12-15(2,3)16(20,4)5)19-11-17(9-10-17)13-7-8-13;/h13H,6-12H2,1-5H3,(H,18,19);1H.